The van der Waals surface area contributed by atoms with Crippen LogP contribution in [0.3, 0.4) is 0 Å². The molecule has 1 aliphatic heterocycles. The third kappa shape index (κ3) is 4.54. The Balaban J connectivity index is 1.33. The van der Waals surface area contributed by atoms with Crippen LogP contribution in [0.5, 0.6) is 0 Å². The molecule has 1 aliphatic rings. The Hall–Kier alpha value is -2.99. The second-order valence-corrected chi connectivity index (χ2v) is 7.64. The van der Waals surface area contributed by atoms with E-state index in [1.54, 1.807) is 0 Å². The number of carbonyl (C=O) groups excluding carboxylic acids is 1. The van der Waals surface area contributed by atoms with Crippen molar-refractivity contribution in [1.29, 1.82) is 0 Å². The molecule has 0 aliphatic carbocycles. The maximum absolute atomic E-state index is 12.4. The van der Waals surface area contributed by atoms with E-state index in [0.29, 0.717) is 17.3 Å². The highest BCUT2D eigenvalue weighted by atomic mass is 16.4. The minimum atomic E-state index is -0.00302. The summed E-state index contributed by atoms with van der Waals surface area (Å²) in [6.45, 7) is 5.90. The molecule has 1 N–H and O–H groups in total. The zero-order valence-electron chi connectivity index (χ0n) is 16.8. The molecule has 6 nitrogen and oxygen atoms in total. The van der Waals surface area contributed by atoms with E-state index in [-0.39, 0.29) is 18.0 Å². The third-order valence-electron chi connectivity index (χ3n) is 5.55. The summed E-state index contributed by atoms with van der Waals surface area (Å²) in [6, 6.07) is 17.7. The number of nitrogens with zero attached hydrogens (tertiary/aromatic N) is 3. The fourth-order valence-electron chi connectivity index (χ4n) is 3.66. The molecule has 2 heterocycles. The van der Waals surface area contributed by atoms with Crippen molar-refractivity contribution in [2.45, 2.75) is 38.8 Å². The molecule has 2 aromatic carbocycles. The molecule has 29 heavy (non-hydrogen) atoms. The Morgan fingerprint density at radius 1 is 1.07 bits per heavy atom. The summed E-state index contributed by atoms with van der Waals surface area (Å²) in [5, 5.41) is 11.6. The van der Waals surface area contributed by atoms with Crippen LogP contribution >= 0.6 is 0 Å². The Kier molecular flexibility index (Phi) is 5.71. The van der Waals surface area contributed by atoms with Crippen LogP contribution in [0.1, 0.15) is 47.6 Å². The van der Waals surface area contributed by atoms with Crippen LogP contribution < -0.4 is 5.32 Å². The van der Waals surface area contributed by atoms with Crippen molar-refractivity contribution >= 4 is 5.91 Å². The summed E-state index contributed by atoms with van der Waals surface area (Å²) >= 11 is 0. The van der Waals surface area contributed by atoms with Crippen LogP contribution in [0.4, 0.5) is 0 Å². The van der Waals surface area contributed by atoms with Gasteiger partial charge < -0.3 is 9.73 Å². The quantitative estimate of drug-likeness (QED) is 0.713. The van der Waals surface area contributed by atoms with Crippen molar-refractivity contribution in [1.82, 2.24) is 20.4 Å². The van der Waals surface area contributed by atoms with Gasteiger partial charge in [-0.2, -0.15) is 0 Å². The van der Waals surface area contributed by atoms with Gasteiger partial charge in [-0.15, -0.1) is 10.2 Å². The SMILES string of the molecule is Cc1ccc(-c2nnc(C(C)N3CCC(NC(=O)c4ccccc4)CC3)o2)cc1. The van der Waals surface area contributed by atoms with Crippen LogP contribution in [-0.2, 0) is 0 Å². The van der Waals surface area contributed by atoms with E-state index in [2.05, 4.69) is 34.3 Å². The molecule has 0 bridgehead atoms. The lowest BCUT2D eigenvalue weighted by atomic mass is 10.0. The van der Waals surface area contributed by atoms with Gasteiger partial charge in [0, 0.05) is 30.3 Å². The van der Waals surface area contributed by atoms with E-state index in [1.807, 2.05) is 54.6 Å². The van der Waals surface area contributed by atoms with Crippen molar-refractivity contribution in [3.8, 4) is 11.5 Å². The highest BCUT2D eigenvalue weighted by Gasteiger charge is 2.27. The number of hydrogen-bond donors (Lipinski definition) is 1. The van der Waals surface area contributed by atoms with Crippen LogP contribution in [0.2, 0.25) is 0 Å². The van der Waals surface area contributed by atoms with Gasteiger partial charge in [0.15, 0.2) is 0 Å². The molecule has 1 atom stereocenters. The number of likely N-dealkylation sites (tertiary alicyclic amines) is 1. The summed E-state index contributed by atoms with van der Waals surface area (Å²) in [5.41, 5.74) is 2.84. The number of hydrogen-bond acceptors (Lipinski definition) is 5. The maximum atomic E-state index is 12.4. The lowest BCUT2D eigenvalue weighted by Crippen LogP contribution is -2.45. The van der Waals surface area contributed by atoms with E-state index in [0.717, 1.165) is 31.5 Å². The zero-order chi connectivity index (χ0) is 20.2. The number of aromatic nitrogens is 2. The third-order valence-corrected chi connectivity index (χ3v) is 5.55. The Bertz CT molecular complexity index is 945. The van der Waals surface area contributed by atoms with E-state index in [4.69, 9.17) is 4.42 Å². The number of rotatable bonds is 5. The highest BCUT2D eigenvalue weighted by molar-refractivity contribution is 5.94. The van der Waals surface area contributed by atoms with E-state index in [1.165, 1.54) is 5.56 Å². The highest BCUT2D eigenvalue weighted by Crippen LogP contribution is 2.26. The molecule has 3 aromatic rings. The van der Waals surface area contributed by atoms with Crippen molar-refractivity contribution in [3.63, 3.8) is 0 Å². The minimum absolute atomic E-state index is 0.00302. The standard InChI is InChI=1S/C23H26N4O2/c1-16-8-10-19(11-9-16)23-26-25-22(29-23)17(2)27-14-12-20(13-15-27)24-21(28)18-6-4-3-5-7-18/h3-11,17,20H,12-15H2,1-2H3,(H,24,28). The molecule has 6 heteroatoms. The molecular weight excluding hydrogens is 364 g/mol. The fourth-order valence-corrected chi connectivity index (χ4v) is 3.66. The van der Waals surface area contributed by atoms with Gasteiger partial charge in [0.2, 0.25) is 11.8 Å². The van der Waals surface area contributed by atoms with Gasteiger partial charge in [-0.1, -0.05) is 35.9 Å². The Morgan fingerprint density at radius 2 is 1.76 bits per heavy atom. The van der Waals surface area contributed by atoms with Crippen LogP contribution in [0.25, 0.3) is 11.5 Å². The second kappa shape index (κ2) is 8.57. The van der Waals surface area contributed by atoms with E-state index >= 15 is 0 Å². The van der Waals surface area contributed by atoms with Crippen molar-refractivity contribution in [2.75, 3.05) is 13.1 Å². The summed E-state index contributed by atoms with van der Waals surface area (Å²) < 4.78 is 5.94. The van der Waals surface area contributed by atoms with Gasteiger partial charge in [-0.3, -0.25) is 9.69 Å². The molecule has 0 saturated carbocycles. The minimum Gasteiger partial charge on any atom is -0.419 e. The number of piperidine rings is 1. The lowest BCUT2D eigenvalue weighted by molar-refractivity contribution is 0.0885. The first-order valence-corrected chi connectivity index (χ1v) is 10.1. The second-order valence-electron chi connectivity index (χ2n) is 7.64. The molecule has 1 saturated heterocycles. The van der Waals surface area contributed by atoms with Crippen molar-refractivity contribution < 1.29 is 9.21 Å². The molecule has 1 aromatic heterocycles. The zero-order valence-corrected chi connectivity index (χ0v) is 16.8. The maximum Gasteiger partial charge on any atom is 0.251 e. The molecule has 1 unspecified atom stereocenters. The monoisotopic (exact) mass is 390 g/mol. The van der Waals surface area contributed by atoms with Crippen molar-refractivity contribution in [3.05, 3.63) is 71.6 Å². The fraction of sp³-hybridized carbons (Fsp3) is 0.348. The first-order chi connectivity index (χ1) is 14.1. The molecule has 1 fully saturated rings. The Morgan fingerprint density at radius 3 is 2.45 bits per heavy atom. The lowest BCUT2D eigenvalue weighted by Gasteiger charge is -2.34. The first kappa shape index (κ1) is 19.3. The van der Waals surface area contributed by atoms with Crippen LogP contribution in [0.15, 0.2) is 59.0 Å². The number of benzene rings is 2. The molecule has 4 rings (SSSR count). The summed E-state index contributed by atoms with van der Waals surface area (Å²) in [4.78, 5) is 14.7. The van der Waals surface area contributed by atoms with Gasteiger partial charge in [-0.05, 0) is 51.0 Å². The van der Waals surface area contributed by atoms with Gasteiger partial charge in [-0.25, -0.2) is 0 Å². The largest absolute Gasteiger partial charge is 0.419 e. The normalized spacial score (nSPS) is 16.5. The molecular formula is C23H26N4O2. The number of carbonyl (C=O) groups is 1. The van der Waals surface area contributed by atoms with Crippen LogP contribution in [0, 0.1) is 6.92 Å². The first-order valence-electron chi connectivity index (χ1n) is 10.1. The van der Waals surface area contributed by atoms with Crippen LogP contribution in [-0.4, -0.2) is 40.1 Å². The van der Waals surface area contributed by atoms with E-state index < -0.39 is 0 Å². The molecule has 1 amide bonds. The Labute approximate surface area is 170 Å². The van der Waals surface area contributed by atoms with E-state index in [9.17, 15) is 4.79 Å². The molecule has 150 valence electrons. The smallest absolute Gasteiger partial charge is 0.251 e. The summed E-state index contributed by atoms with van der Waals surface area (Å²) in [5.74, 6) is 1.18. The predicted octanol–water partition coefficient (Wildman–Crippen LogP) is 4.00. The van der Waals surface area contributed by atoms with Gasteiger partial charge in [0.05, 0.1) is 6.04 Å². The van der Waals surface area contributed by atoms with Gasteiger partial charge in [0.1, 0.15) is 0 Å². The van der Waals surface area contributed by atoms with Gasteiger partial charge >= 0.3 is 0 Å². The van der Waals surface area contributed by atoms with Gasteiger partial charge in [0.25, 0.3) is 5.91 Å². The topological polar surface area (TPSA) is 71.3 Å². The number of nitrogens with one attached hydrogen (secondary N) is 1. The average Bonchev–Trinajstić information content (AvgIpc) is 3.25. The molecule has 0 radical (unpaired) electrons. The predicted molar refractivity (Wildman–Crippen MR) is 111 cm³/mol. The summed E-state index contributed by atoms with van der Waals surface area (Å²) in [6.07, 6.45) is 1.81. The summed E-state index contributed by atoms with van der Waals surface area (Å²) in [7, 11) is 0. The van der Waals surface area contributed by atoms with Crippen molar-refractivity contribution in [2.24, 2.45) is 0 Å². The molecule has 0 spiro atoms. The number of aryl methyl sites for hydroxylation is 1. The number of amides is 1. The average molecular weight is 390 g/mol.